The maximum absolute atomic E-state index is 12.9. The van der Waals surface area contributed by atoms with Crippen molar-refractivity contribution >= 4 is 41.9 Å². The third-order valence-electron chi connectivity index (χ3n) is 7.19. The van der Waals surface area contributed by atoms with Crippen LogP contribution < -0.4 is 9.47 Å². The number of methoxy groups -OCH3 is 2. The molecule has 0 heterocycles. The first-order valence-electron chi connectivity index (χ1n) is 12.6. The molecule has 0 amide bonds. The number of allylic oxidation sites excluding steroid dienone is 1. The van der Waals surface area contributed by atoms with E-state index in [4.69, 9.17) is 13.9 Å². The Morgan fingerprint density at radius 3 is 2.14 bits per heavy atom. The van der Waals surface area contributed by atoms with Gasteiger partial charge in [-0.25, -0.2) is 0 Å². The highest BCUT2D eigenvalue weighted by atomic mass is 28.4. The average Bonchev–Trinajstić information content (AvgIpc) is 2.83. The Kier molecular flexibility index (Phi) is 8.65. The van der Waals surface area contributed by atoms with Crippen LogP contribution in [0.1, 0.15) is 59.9 Å². The highest BCUT2D eigenvalue weighted by Gasteiger charge is 2.47. The summed E-state index contributed by atoms with van der Waals surface area (Å²) in [6.45, 7) is 13.2. The Hall–Kier alpha value is -2.79. The van der Waals surface area contributed by atoms with E-state index in [-0.39, 0.29) is 5.97 Å². The monoisotopic (exact) mass is 492 g/mol. The lowest BCUT2D eigenvalue weighted by Crippen LogP contribution is -2.49. The maximum Gasteiger partial charge on any atom is 0.292 e. The van der Waals surface area contributed by atoms with Crippen LogP contribution in [0.2, 0.25) is 16.6 Å². The first kappa shape index (κ1) is 26.8. The van der Waals surface area contributed by atoms with E-state index in [1.807, 2.05) is 18.2 Å². The normalized spacial score (nSPS) is 12.4. The first-order chi connectivity index (χ1) is 16.6. The van der Waals surface area contributed by atoms with E-state index in [1.165, 1.54) is 0 Å². The lowest BCUT2D eigenvalue weighted by atomic mass is 9.95. The van der Waals surface area contributed by atoms with Crippen LogP contribution in [0.15, 0.2) is 48.5 Å². The summed E-state index contributed by atoms with van der Waals surface area (Å²) in [4.78, 5) is 12.9. The Bertz CT molecular complexity index is 1190. The fourth-order valence-corrected chi connectivity index (χ4v) is 10.8. The number of ether oxygens (including phenoxy) is 2. The molecule has 0 aliphatic carbocycles. The van der Waals surface area contributed by atoms with E-state index in [2.05, 4.69) is 78.0 Å². The van der Waals surface area contributed by atoms with E-state index in [0.29, 0.717) is 29.5 Å². The van der Waals surface area contributed by atoms with Crippen molar-refractivity contribution in [3.05, 3.63) is 54.1 Å². The summed E-state index contributed by atoms with van der Waals surface area (Å²) in [5, 5.41) is 4.42. The van der Waals surface area contributed by atoms with Crippen molar-refractivity contribution < 1.29 is 18.7 Å². The zero-order valence-electron chi connectivity index (χ0n) is 22.5. The minimum Gasteiger partial charge on any atom is -0.518 e. The molecule has 0 saturated carbocycles. The van der Waals surface area contributed by atoms with Crippen LogP contribution >= 0.6 is 0 Å². The molecule has 0 spiro atoms. The van der Waals surface area contributed by atoms with Crippen LogP contribution in [0.5, 0.6) is 11.5 Å². The molecule has 35 heavy (non-hydrogen) atoms. The van der Waals surface area contributed by atoms with Crippen LogP contribution in [0, 0.1) is 0 Å². The molecule has 3 aromatic carbocycles. The second-order valence-corrected chi connectivity index (χ2v) is 15.5. The standard InChI is InChI=1S/C30H40O4Si/c1-20(2)35(21(3)4,22(5)6)34-29(31)16-12-10-14-24-17-23-13-9-11-15-26(23)27-18-25(32-7)19-28(33-8)30(24)27/h9-11,13-15,17-22H,12,16H2,1-8H3/b14-10-. The van der Waals surface area contributed by atoms with Gasteiger partial charge in [0.2, 0.25) is 0 Å². The highest BCUT2D eigenvalue weighted by Crippen LogP contribution is 2.43. The lowest BCUT2D eigenvalue weighted by molar-refractivity contribution is -0.135. The molecule has 0 atom stereocenters. The van der Waals surface area contributed by atoms with E-state index in [0.717, 1.165) is 38.6 Å². The van der Waals surface area contributed by atoms with Gasteiger partial charge in [-0.05, 0) is 56.9 Å². The van der Waals surface area contributed by atoms with Gasteiger partial charge in [-0.3, -0.25) is 4.79 Å². The van der Waals surface area contributed by atoms with Gasteiger partial charge in [0.25, 0.3) is 14.3 Å². The Morgan fingerprint density at radius 2 is 1.54 bits per heavy atom. The van der Waals surface area contributed by atoms with E-state index >= 15 is 0 Å². The molecule has 0 aromatic heterocycles. The second kappa shape index (κ2) is 11.3. The predicted molar refractivity (Wildman–Crippen MR) is 150 cm³/mol. The fourth-order valence-electron chi connectivity index (χ4n) is 5.63. The molecule has 0 radical (unpaired) electrons. The van der Waals surface area contributed by atoms with Crippen molar-refractivity contribution in [3.63, 3.8) is 0 Å². The van der Waals surface area contributed by atoms with Crippen LogP contribution in [0.4, 0.5) is 0 Å². The minimum absolute atomic E-state index is 0.0805. The zero-order chi connectivity index (χ0) is 25.8. The molecule has 4 nitrogen and oxygen atoms in total. The van der Waals surface area contributed by atoms with Crippen molar-refractivity contribution in [1.82, 2.24) is 0 Å². The predicted octanol–water partition coefficient (Wildman–Crippen LogP) is 8.52. The van der Waals surface area contributed by atoms with Crippen molar-refractivity contribution in [1.29, 1.82) is 0 Å². The average molecular weight is 493 g/mol. The van der Waals surface area contributed by atoms with Gasteiger partial charge in [-0.1, -0.05) is 78.0 Å². The molecule has 0 fully saturated rings. The van der Waals surface area contributed by atoms with Crippen molar-refractivity contribution in [2.24, 2.45) is 0 Å². The highest BCUT2D eigenvalue weighted by molar-refractivity contribution is 6.78. The number of hydrogen-bond donors (Lipinski definition) is 0. The van der Waals surface area contributed by atoms with Gasteiger partial charge in [0.15, 0.2) is 0 Å². The number of fused-ring (bicyclic) bond motifs is 3. The van der Waals surface area contributed by atoms with E-state index < -0.39 is 8.32 Å². The smallest absolute Gasteiger partial charge is 0.292 e. The molecule has 0 bridgehead atoms. The summed E-state index contributed by atoms with van der Waals surface area (Å²) in [5.74, 6) is 1.45. The lowest BCUT2D eigenvalue weighted by Gasteiger charge is -2.41. The molecular formula is C30H40O4Si. The molecule has 188 valence electrons. The molecule has 0 aliphatic rings. The van der Waals surface area contributed by atoms with E-state index in [1.54, 1.807) is 14.2 Å². The summed E-state index contributed by atoms with van der Waals surface area (Å²) in [5.41, 5.74) is 2.21. The molecule has 5 heteroatoms. The number of rotatable bonds is 10. The minimum atomic E-state index is -2.21. The van der Waals surface area contributed by atoms with Crippen LogP contribution in [-0.4, -0.2) is 28.5 Å². The van der Waals surface area contributed by atoms with Crippen LogP contribution in [0.3, 0.4) is 0 Å². The summed E-state index contributed by atoms with van der Waals surface area (Å²) in [6, 6.07) is 14.5. The number of carbonyl (C=O) groups excluding carboxylic acids is 1. The number of benzene rings is 3. The van der Waals surface area contributed by atoms with Crippen molar-refractivity contribution in [2.75, 3.05) is 14.2 Å². The second-order valence-electron chi connectivity index (χ2n) is 10.2. The van der Waals surface area contributed by atoms with Gasteiger partial charge in [-0.15, -0.1) is 0 Å². The Morgan fingerprint density at radius 1 is 0.886 bits per heavy atom. The maximum atomic E-state index is 12.9. The van der Waals surface area contributed by atoms with Crippen molar-refractivity contribution in [3.8, 4) is 11.5 Å². The van der Waals surface area contributed by atoms with Gasteiger partial charge in [-0.2, -0.15) is 0 Å². The van der Waals surface area contributed by atoms with Crippen molar-refractivity contribution in [2.45, 2.75) is 71.0 Å². The van der Waals surface area contributed by atoms with Crippen LogP contribution in [0.25, 0.3) is 27.6 Å². The summed E-state index contributed by atoms with van der Waals surface area (Å²) < 4.78 is 17.6. The van der Waals surface area contributed by atoms with E-state index in [9.17, 15) is 4.79 Å². The van der Waals surface area contributed by atoms with Gasteiger partial charge in [0.05, 0.1) is 14.2 Å². The number of carbonyl (C=O) groups is 1. The third-order valence-corrected chi connectivity index (χ3v) is 13.2. The van der Waals surface area contributed by atoms with Gasteiger partial charge < -0.3 is 13.9 Å². The third kappa shape index (κ3) is 5.40. The van der Waals surface area contributed by atoms with Gasteiger partial charge in [0, 0.05) is 17.9 Å². The quantitative estimate of drug-likeness (QED) is 0.210. The molecule has 3 rings (SSSR count). The zero-order valence-corrected chi connectivity index (χ0v) is 23.5. The SMILES string of the molecule is COc1cc(OC)c2c(/C=C\CCC(=O)O[Si](C(C)C)(C(C)C)C(C)C)cc3ccccc3c2c1. The Balaban J connectivity index is 1.89. The topological polar surface area (TPSA) is 44.8 Å². The molecule has 0 aliphatic heterocycles. The largest absolute Gasteiger partial charge is 0.518 e. The summed E-state index contributed by atoms with van der Waals surface area (Å²) in [7, 11) is 1.14. The molecule has 0 N–H and O–H groups in total. The molecule has 0 saturated heterocycles. The molecular weight excluding hydrogens is 452 g/mol. The fraction of sp³-hybridized carbons (Fsp3) is 0.433. The van der Waals surface area contributed by atoms with Gasteiger partial charge in [0.1, 0.15) is 11.5 Å². The summed E-state index contributed by atoms with van der Waals surface area (Å²) >= 11 is 0. The molecule has 0 unspecified atom stereocenters. The van der Waals surface area contributed by atoms with Crippen LogP contribution in [-0.2, 0) is 9.22 Å². The first-order valence-corrected chi connectivity index (χ1v) is 14.8. The number of hydrogen-bond acceptors (Lipinski definition) is 4. The van der Waals surface area contributed by atoms with Gasteiger partial charge >= 0.3 is 0 Å². The Labute approximate surface area is 211 Å². The summed E-state index contributed by atoms with van der Waals surface area (Å²) in [6.07, 6.45) is 5.17. The molecule has 3 aromatic rings.